The molecule has 112 valence electrons. The molecule has 1 unspecified atom stereocenters. The maximum atomic E-state index is 12.6. The van der Waals surface area contributed by atoms with Gasteiger partial charge in [-0.3, -0.25) is 14.3 Å². The van der Waals surface area contributed by atoms with E-state index in [1.54, 1.807) is 36.0 Å². The SMILES string of the molecule is CSC(C)Cn1c(=O)[nH]c(Cl)c(-c2cccc(Cl)c2)c1=O. The Morgan fingerprint density at radius 1 is 1.33 bits per heavy atom. The van der Waals surface area contributed by atoms with Gasteiger partial charge >= 0.3 is 5.69 Å². The van der Waals surface area contributed by atoms with Gasteiger partial charge in [0.05, 0.1) is 5.56 Å². The molecule has 0 aliphatic rings. The first-order valence-electron chi connectivity index (χ1n) is 6.25. The first-order chi connectivity index (χ1) is 9.93. The smallest absolute Gasteiger partial charge is 0.297 e. The summed E-state index contributed by atoms with van der Waals surface area (Å²) in [6, 6.07) is 6.81. The summed E-state index contributed by atoms with van der Waals surface area (Å²) in [6.07, 6.45) is 1.93. The third kappa shape index (κ3) is 3.54. The molecule has 0 bridgehead atoms. The third-order valence-corrected chi connectivity index (χ3v) is 4.57. The summed E-state index contributed by atoms with van der Waals surface area (Å²) in [5.41, 5.74) is -0.0741. The van der Waals surface area contributed by atoms with Crippen molar-refractivity contribution < 1.29 is 0 Å². The first kappa shape index (κ1) is 16.2. The van der Waals surface area contributed by atoms with Crippen LogP contribution >= 0.6 is 35.0 Å². The highest BCUT2D eigenvalue weighted by Crippen LogP contribution is 2.24. The number of hydrogen-bond acceptors (Lipinski definition) is 3. The van der Waals surface area contributed by atoms with E-state index in [0.717, 1.165) is 0 Å². The number of benzene rings is 1. The molecule has 1 aromatic heterocycles. The van der Waals surface area contributed by atoms with E-state index in [1.807, 2.05) is 13.2 Å². The highest BCUT2D eigenvalue weighted by molar-refractivity contribution is 7.99. The molecule has 0 radical (unpaired) electrons. The van der Waals surface area contributed by atoms with Crippen LogP contribution in [0.2, 0.25) is 10.2 Å². The molecular formula is C14H14Cl2N2O2S. The quantitative estimate of drug-likeness (QED) is 0.866. The summed E-state index contributed by atoms with van der Waals surface area (Å²) >= 11 is 13.6. The van der Waals surface area contributed by atoms with E-state index in [-0.39, 0.29) is 16.0 Å². The summed E-state index contributed by atoms with van der Waals surface area (Å²) in [7, 11) is 0. The van der Waals surface area contributed by atoms with Gasteiger partial charge in [-0.2, -0.15) is 11.8 Å². The van der Waals surface area contributed by atoms with E-state index < -0.39 is 11.2 Å². The predicted octanol–water partition coefficient (Wildman–Crippen LogP) is 3.26. The van der Waals surface area contributed by atoms with Gasteiger partial charge in [-0.15, -0.1) is 0 Å². The minimum absolute atomic E-state index is 0.0281. The fraction of sp³-hybridized carbons (Fsp3) is 0.286. The highest BCUT2D eigenvalue weighted by atomic mass is 35.5. The monoisotopic (exact) mass is 344 g/mol. The van der Waals surface area contributed by atoms with Crippen molar-refractivity contribution >= 4 is 35.0 Å². The maximum absolute atomic E-state index is 12.6. The normalized spacial score (nSPS) is 12.4. The van der Waals surface area contributed by atoms with Gasteiger partial charge in [-0.25, -0.2) is 4.79 Å². The van der Waals surface area contributed by atoms with Gasteiger partial charge in [0, 0.05) is 16.8 Å². The lowest BCUT2D eigenvalue weighted by molar-refractivity contribution is 0.627. The molecule has 1 heterocycles. The Bertz CT molecular complexity index is 770. The van der Waals surface area contributed by atoms with Crippen molar-refractivity contribution in [3.05, 3.63) is 55.3 Å². The Kier molecular flexibility index (Phi) is 5.19. The van der Waals surface area contributed by atoms with Gasteiger partial charge in [0.2, 0.25) is 0 Å². The Morgan fingerprint density at radius 2 is 2.05 bits per heavy atom. The topological polar surface area (TPSA) is 54.9 Å². The largest absolute Gasteiger partial charge is 0.329 e. The van der Waals surface area contributed by atoms with Crippen LogP contribution in [0.1, 0.15) is 6.92 Å². The van der Waals surface area contributed by atoms with Gasteiger partial charge in [0.15, 0.2) is 0 Å². The van der Waals surface area contributed by atoms with E-state index >= 15 is 0 Å². The van der Waals surface area contributed by atoms with Crippen molar-refractivity contribution in [1.82, 2.24) is 9.55 Å². The van der Waals surface area contributed by atoms with Crippen molar-refractivity contribution in [2.24, 2.45) is 0 Å². The van der Waals surface area contributed by atoms with E-state index in [2.05, 4.69) is 4.98 Å². The molecule has 7 heteroatoms. The molecule has 0 spiro atoms. The minimum atomic E-state index is -0.503. The van der Waals surface area contributed by atoms with Gasteiger partial charge in [0.25, 0.3) is 5.56 Å². The summed E-state index contributed by atoms with van der Waals surface area (Å²) in [4.78, 5) is 27.0. The number of halogens is 2. The van der Waals surface area contributed by atoms with E-state index in [1.165, 1.54) is 4.57 Å². The molecule has 2 aromatic rings. The molecule has 2 rings (SSSR count). The van der Waals surface area contributed by atoms with Gasteiger partial charge in [0.1, 0.15) is 5.15 Å². The Labute approximate surface area is 136 Å². The third-order valence-electron chi connectivity index (χ3n) is 3.10. The second-order valence-electron chi connectivity index (χ2n) is 4.59. The van der Waals surface area contributed by atoms with Crippen LogP contribution in [0, 0.1) is 0 Å². The first-order valence-corrected chi connectivity index (χ1v) is 8.29. The zero-order valence-corrected chi connectivity index (χ0v) is 13.9. The van der Waals surface area contributed by atoms with Crippen molar-refractivity contribution in [2.75, 3.05) is 6.26 Å². The molecule has 1 atom stereocenters. The van der Waals surface area contributed by atoms with Crippen molar-refractivity contribution in [1.29, 1.82) is 0 Å². The second-order valence-corrected chi connectivity index (χ2v) is 6.68. The van der Waals surface area contributed by atoms with Crippen LogP contribution in [0.15, 0.2) is 33.9 Å². The van der Waals surface area contributed by atoms with Crippen LogP contribution in [0.3, 0.4) is 0 Å². The number of hydrogen-bond donors (Lipinski definition) is 1. The van der Waals surface area contributed by atoms with Crippen LogP contribution in [0.5, 0.6) is 0 Å². The number of rotatable bonds is 4. The zero-order chi connectivity index (χ0) is 15.6. The Balaban J connectivity index is 2.65. The molecule has 0 amide bonds. The number of H-pyrrole nitrogens is 1. The van der Waals surface area contributed by atoms with Crippen LogP contribution in [-0.4, -0.2) is 21.1 Å². The van der Waals surface area contributed by atoms with E-state index in [0.29, 0.717) is 17.1 Å². The molecule has 1 N–H and O–H groups in total. The van der Waals surface area contributed by atoms with Crippen LogP contribution in [0.25, 0.3) is 11.1 Å². The molecule has 0 aliphatic heterocycles. The summed E-state index contributed by atoms with van der Waals surface area (Å²) in [6.45, 7) is 2.27. The van der Waals surface area contributed by atoms with E-state index in [9.17, 15) is 9.59 Å². The fourth-order valence-electron chi connectivity index (χ4n) is 1.94. The average Bonchev–Trinajstić information content (AvgIpc) is 2.43. The highest BCUT2D eigenvalue weighted by Gasteiger charge is 2.16. The fourth-order valence-corrected chi connectivity index (χ4v) is 2.70. The molecule has 4 nitrogen and oxygen atoms in total. The van der Waals surface area contributed by atoms with Crippen molar-refractivity contribution in [3.63, 3.8) is 0 Å². The lowest BCUT2D eigenvalue weighted by Crippen LogP contribution is -2.38. The van der Waals surface area contributed by atoms with Crippen molar-refractivity contribution in [3.8, 4) is 11.1 Å². The molecule has 0 fully saturated rings. The zero-order valence-electron chi connectivity index (χ0n) is 11.5. The van der Waals surface area contributed by atoms with Gasteiger partial charge in [-0.05, 0) is 24.0 Å². The molecule has 1 aromatic carbocycles. The lowest BCUT2D eigenvalue weighted by atomic mass is 10.1. The average molecular weight is 345 g/mol. The lowest BCUT2D eigenvalue weighted by Gasteiger charge is -2.12. The minimum Gasteiger partial charge on any atom is -0.297 e. The van der Waals surface area contributed by atoms with Crippen molar-refractivity contribution in [2.45, 2.75) is 18.7 Å². The number of aromatic nitrogens is 2. The van der Waals surface area contributed by atoms with E-state index in [4.69, 9.17) is 23.2 Å². The summed E-state index contributed by atoms with van der Waals surface area (Å²) < 4.78 is 1.17. The molecule has 0 aliphatic carbocycles. The maximum Gasteiger partial charge on any atom is 0.329 e. The van der Waals surface area contributed by atoms with Gasteiger partial charge in [-0.1, -0.05) is 42.3 Å². The number of aromatic amines is 1. The standard InChI is InChI=1S/C14H14Cl2N2O2S/c1-8(21-2)7-18-13(19)11(12(16)17-14(18)20)9-4-3-5-10(15)6-9/h3-6,8H,7H2,1-2H3,(H,17,20). The summed E-state index contributed by atoms with van der Waals surface area (Å²) in [5.74, 6) is 0. The second kappa shape index (κ2) is 6.73. The Hall–Kier alpha value is -1.17. The predicted molar refractivity (Wildman–Crippen MR) is 89.8 cm³/mol. The Morgan fingerprint density at radius 3 is 2.67 bits per heavy atom. The van der Waals surface area contributed by atoms with Crippen LogP contribution < -0.4 is 11.2 Å². The van der Waals surface area contributed by atoms with Crippen LogP contribution in [-0.2, 0) is 6.54 Å². The van der Waals surface area contributed by atoms with Gasteiger partial charge < -0.3 is 0 Å². The number of thioether (sulfide) groups is 1. The van der Waals surface area contributed by atoms with Crippen LogP contribution in [0.4, 0.5) is 0 Å². The molecule has 21 heavy (non-hydrogen) atoms. The number of nitrogens with one attached hydrogen (secondary N) is 1. The molecule has 0 saturated heterocycles. The molecule has 0 saturated carbocycles. The summed E-state index contributed by atoms with van der Waals surface area (Å²) in [5, 5.41) is 0.663. The molecular weight excluding hydrogens is 331 g/mol. The number of nitrogens with zero attached hydrogens (tertiary/aromatic N) is 1.